The van der Waals surface area contributed by atoms with Crippen LogP contribution in [0.25, 0.3) is 0 Å². The summed E-state index contributed by atoms with van der Waals surface area (Å²) in [6.45, 7) is 3.82. The van der Waals surface area contributed by atoms with Crippen LogP contribution in [0, 0.1) is 5.92 Å². The lowest BCUT2D eigenvalue weighted by Crippen LogP contribution is -2.25. The van der Waals surface area contributed by atoms with Gasteiger partial charge in [-0.05, 0) is 48.9 Å². The molecule has 0 spiro atoms. The second-order valence-electron chi connectivity index (χ2n) is 7.01. The van der Waals surface area contributed by atoms with E-state index in [0.29, 0.717) is 17.0 Å². The lowest BCUT2D eigenvalue weighted by molar-refractivity contribution is 0.223. The molecule has 2 aliphatic rings. The van der Waals surface area contributed by atoms with Gasteiger partial charge in [0.1, 0.15) is 17.3 Å². The SMILES string of the molecule is CC1CC1c1ccc(CN(Cc2cccc(O)c2Cl)C2CC2)o1. The Morgan fingerprint density at radius 3 is 2.70 bits per heavy atom. The fourth-order valence-electron chi connectivity index (χ4n) is 3.26. The van der Waals surface area contributed by atoms with Crippen molar-refractivity contribution in [2.75, 3.05) is 0 Å². The van der Waals surface area contributed by atoms with Crippen molar-refractivity contribution in [2.24, 2.45) is 5.92 Å². The summed E-state index contributed by atoms with van der Waals surface area (Å²) in [5.41, 5.74) is 0.973. The fraction of sp³-hybridized carbons (Fsp3) is 0.474. The topological polar surface area (TPSA) is 36.6 Å². The zero-order valence-electron chi connectivity index (χ0n) is 13.3. The number of phenolic OH excluding ortho intramolecular Hbond substituents is 1. The summed E-state index contributed by atoms with van der Waals surface area (Å²) in [7, 11) is 0. The van der Waals surface area contributed by atoms with E-state index >= 15 is 0 Å². The van der Waals surface area contributed by atoms with Crippen molar-refractivity contribution in [3.63, 3.8) is 0 Å². The summed E-state index contributed by atoms with van der Waals surface area (Å²) in [5, 5.41) is 10.2. The average Bonchev–Trinajstić information content (AvgIpc) is 3.44. The van der Waals surface area contributed by atoms with E-state index in [1.807, 2.05) is 12.1 Å². The minimum Gasteiger partial charge on any atom is -0.506 e. The van der Waals surface area contributed by atoms with E-state index in [9.17, 15) is 5.11 Å². The molecule has 2 fully saturated rings. The molecule has 0 bridgehead atoms. The van der Waals surface area contributed by atoms with Crippen molar-refractivity contribution >= 4 is 11.6 Å². The van der Waals surface area contributed by atoms with Gasteiger partial charge in [0.05, 0.1) is 11.6 Å². The first kappa shape index (κ1) is 15.1. The maximum absolute atomic E-state index is 9.78. The standard InChI is InChI=1S/C19H22ClNO2/c1-12-9-16(12)18-8-7-15(23-18)11-21(14-5-6-14)10-13-3-2-4-17(22)19(13)20/h2-4,7-8,12,14,16,22H,5-6,9-11H2,1H3. The fourth-order valence-corrected chi connectivity index (χ4v) is 3.44. The molecular formula is C19H22ClNO2. The maximum atomic E-state index is 9.78. The molecule has 122 valence electrons. The Kier molecular flexibility index (Phi) is 3.86. The number of phenols is 1. The zero-order chi connectivity index (χ0) is 16.0. The number of hydrogen-bond donors (Lipinski definition) is 1. The van der Waals surface area contributed by atoms with E-state index < -0.39 is 0 Å². The molecular weight excluding hydrogens is 310 g/mol. The Morgan fingerprint density at radius 2 is 2.00 bits per heavy atom. The van der Waals surface area contributed by atoms with Crippen molar-refractivity contribution in [3.8, 4) is 5.75 Å². The summed E-state index contributed by atoms with van der Waals surface area (Å²) >= 11 is 6.24. The van der Waals surface area contributed by atoms with Crippen molar-refractivity contribution < 1.29 is 9.52 Å². The largest absolute Gasteiger partial charge is 0.506 e. The number of hydrogen-bond acceptors (Lipinski definition) is 3. The smallest absolute Gasteiger partial charge is 0.134 e. The van der Waals surface area contributed by atoms with Crippen LogP contribution >= 0.6 is 11.6 Å². The molecule has 1 N–H and O–H groups in total. The van der Waals surface area contributed by atoms with E-state index in [2.05, 4.69) is 24.0 Å². The maximum Gasteiger partial charge on any atom is 0.134 e. The summed E-state index contributed by atoms with van der Waals surface area (Å²) in [6.07, 6.45) is 3.70. The van der Waals surface area contributed by atoms with E-state index in [1.165, 1.54) is 19.3 Å². The third kappa shape index (κ3) is 3.26. The van der Waals surface area contributed by atoms with Crippen LogP contribution in [0.5, 0.6) is 5.75 Å². The number of nitrogens with zero attached hydrogens (tertiary/aromatic N) is 1. The second-order valence-corrected chi connectivity index (χ2v) is 7.39. The van der Waals surface area contributed by atoms with Gasteiger partial charge < -0.3 is 9.52 Å². The molecule has 1 aromatic carbocycles. The van der Waals surface area contributed by atoms with Gasteiger partial charge in [-0.2, -0.15) is 0 Å². The van der Waals surface area contributed by atoms with Gasteiger partial charge in [-0.1, -0.05) is 30.7 Å². The molecule has 2 aliphatic carbocycles. The highest BCUT2D eigenvalue weighted by molar-refractivity contribution is 6.32. The van der Waals surface area contributed by atoms with Crippen LogP contribution in [0.3, 0.4) is 0 Å². The van der Waals surface area contributed by atoms with Gasteiger partial charge >= 0.3 is 0 Å². The number of halogens is 1. The molecule has 3 nitrogen and oxygen atoms in total. The van der Waals surface area contributed by atoms with Crippen LogP contribution in [-0.2, 0) is 13.1 Å². The lowest BCUT2D eigenvalue weighted by Gasteiger charge is -2.21. The van der Waals surface area contributed by atoms with Gasteiger partial charge in [0.15, 0.2) is 0 Å². The first-order valence-electron chi connectivity index (χ1n) is 8.41. The third-order valence-corrected chi connectivity index (χ3v) is 5.45. The van der Waals surface area contributed by atoms with Crippen molar-refractivity contribution in [1.82, 2.24) is 4.90 Å². The highest BCUT2D eigenvalue weighted by Gasteiger charge is 2.37. The lowest BCUT2D eigenvalue weighted by atomic mass is 10.2. The van der Waals surface area contributed by atoms with Gasteiger partial charge in [-0.3, -0.25) is 4.90 Å². The molecule has 1 heterocycles. The average molecular weight is 332 g/mol. The molecule has 0 saturated heterocycles. The molecule has 4 rings (SSSR count). The van der Waals surface area contributed by atoms with Gasteiger partial charge in [0.2, 0.25) is 0 Å². The van der Waals surface area contributed by atoms with Crippen LogP contribution in [0.4, 0.5) is 0 Å². The highest BCUT2D eigenvalue weighted by atomic mass is 35.5. The first-order chi connectivity index (χ1) is 11.1. The van der Waals surface area contributed by atoms with E-state index in [0.717, 1.165) is 36.1 Å². The van der Waals surface area contributed by atoms with E-state index in [4.69, 9.17) is 16.0 Å². The monoisotopic (exact) mass is 331 g/mol. The van der Waals surface area contributed by atoms with Gasteiger partial charge in [-0.15, -0.1) is 0 Å². The van der Waals surface area contributed by atoms with Crippen molar-refractivity contribution in [1.29, 1.82) is 0 Å². The van der Waals surface area contributed by atoms with Crippen LogP contribution in [0.15, 0.2) is 34.7 Å². The second kappa shape index (κ2) is 5.88. The van der Waals surface area contributed by atoms with Gasteiger partial charge in [-0.25, -0.2) is 0 Å². The summed E-state index contributed by atoms with van der Waals surface area (Å²) in [6, 6.07) is 10.3. The molecule has 4 heteroatoms. The normalized spacial score (nSPS) is 23.4. The molecule has 2 aromatic rings. The Labute approximate surface area is 141 Å². The molecule has 23 heavy (non-hydrogen) atoms. The molecule has 2 saturated carbocycles. The molecule has 0 radical (unpaired) electrons. The third-order valence-electron chi connectivity index (χ3n) is 5.01. The first-order valence-corrected chi connectivity index (χ1v) is 8.78. The Morgan fingerprint density at radius 1 is 1.22 bits per heavy atom. The molecule has 2 unspecified atom stereocenters. The Balaban J connectivity index is 1.48. The van der Waals surface area contributed by atoms with Crippen LogP contribution < -0.4 is 0 Å². The Hall–Kier alpha value is -1.45. The zero-order valence-corrected chi connectivity index (χ0v) is 14.1. The minimum absolute atomic E-state index is 0.155. The number of benzene rings is 1. The summed E-state index contributed by atoms with van der Waals surface area (Å²) in [4.78, 5) is 2.40. The predicted octanol–water partition coefficient (Wildman–Crippen LogP) is 4.93. The van der Waals surface area contributed by atoms with Crippen LogP contribution in [0.2, 0.25) is 5.02 Å². The highest BCUT2D eigenvalue weighted by Crippen LogP contribution is 2.47. The summed E-state index contributed by atoms with van der Waals surface area (Å²) < 4.78 is 6.05. The van der Waals surface area contributed by atoms with Gasteiger partial charge in [0.25, 0.3) is 0 Å². The quantitative estimate of drug-likeness (QED) is 0.815. The van der Waals surface area contributed by atoms with E-state index in [-0.39, 0.29) is 5.75 Å². The number of rotatable bonds is 6. The van der Waals surface area contributed by atoms with Crippen molar-refractivity contribution in [2.45, 2.75) is 51.2 Å². The minimum atomic E-state index is 0.155. The summed E-state index contributed by atoms with van der Waals surface area (Å²) in [5.74, 6) is 3.71. The van der Waals surface area contributed by atoms with Crippen LogP contribution in [-0.4, -0.2) is 16.0 Å². The molecule has 0 amide bonds. The molecule has 1 aromatic heterocycles. The number of furan rings is 1. The molecule has 0 aliphatic heterocycles. The Bertz CT molecular complexity index is 707. The van der Waals surface area contributed by atoms with Crippen LogP contribution in [0.1, 0.15) is 49.2 Å². The van der Waals surface area contributed by atoms with Gasteiger partial charge in [0, 0.05) is 18.5 Å². The number of aromatic hydroxyl groups is 1. The van der Waals surface area contributed by atoms with Crippen molar-refractivity contribution in [3.05, 3.63) is 52.4 Å². The predicted molar refractivity (Wildman–Crippen MR) is 90.6 cm³/mol. The molecule has 2 atom stereocenters. The van der Waals surface area contributed by atoms with E-state index in [1.54, 1.807) is 6.07 Å².